The molecule has 26 heavy (non-hydrogen) atoms. The van der Waals surface area contributed by atoms with Gasteiger partial charge in [-0.3, -0.25) is 5.43 Å². The van der Waals surface area contributed by atoms with Crippen molar-refractivity contribution in [2.24, 2.45) is 10.8 Å². The molecule has 2 bridgehead atoms. The van der Waals surface area contributed by atoms with Crippen LogP contribution in [-0.2, 0) is 9.47 Å². The smallest absolute Gasteiger partial charge is 0.221 e. The van der Waals surface area contributed by atoms with Crippen LogP contribution in [0.4, 0.5) is 0 Å². The van der Waals surface area contributed by atoms with Gasteiger partial charge in [0.2, 0.25) is 4.77 Å². The molecule has 2 saturated heterocycles. The summed E-state index contributed by atoms with van der Waals surface area (Å²) in [6.07, 6.45) is -0.121. The van der Waals surface area contributed by atoms with Crippen LogP contribution in [0, 0.1) is 11.7 Å². The van der Waals surface area contributed by atoms with Crippen LogP contribution < -0.4 is 11.2 Å². The van der Waals surface area contributed by atoms with E-state index in [1.54, 1.807) is 9.36 Å². The fourth-order valence-corrected chi connectivity index (χ4v) is 3.38. The number of fused-ring (bicyclic) bond motifs is 2. The molecule has 4 rings (SSSR count). The molecule has 0 saturated carbocycles. The van der Waals surface area contributed by atoms with Crippen LogP contribution in [0.15, 0.2) is 29.4 Å². The lowest BCUT2D eigenvalue weighted by molar-refractivity contribution is -0.0324. The predicted octanol–water partition coefficient (Wildman–Crippen LogP) is 0.982. The van der Waals surface area contributed by atoms with Crippen LogP contribution in [-0.4, -0.2) is 49.6 Å². The molecule has 3 atom stereocenters. The van der Waals surface area contributed by atoms with Gasteiger partial charge >= 0.3 is 0 Å². The summed E-state index contributed by atoms with van der Waals surface area (Å²) in [6.45, 7) is 2.46. The molecule has 2 aromatic rings. The molecule has 3 heterocycles. The quantitative estimate of drug-likeness (QED) is 0.589. The van der Waals surface area contributed by atoms with Crippen molar-refractivity contribution in [3.05, 3.63) is 34.6 Å². The Balaban J connectivity index is 1.65. The molecule has 0 amide bonds. The Morgan fingerprint density at radius 2 is 2.12 bits per heavy atom. The summed E-state index contributed by atoms with van der Waals surface area (Å²) in [5, 5.41) is 12.7. The van der Waals surface area contributed by atoms with Gasteiger partial charge in [0, 0.05) is 6.42 Å². The average Bonchev–Trinajstić information content (AvgIpc) is 3.20. The normalized spacial score (nSPS) is 26.2. The van der Waals surface area contributed by atoms with Gasteiger partial charge in [-0.1, -0.05) is 17.7 Å². The maximum atomic E-state index is 5.87. The Labute approximate surface area is 159 Å². The van der Waals surface area contributed by atoms with E-state index in [0.29, 0.717) is 23.5 Å². The van der Waals surface area contributed by atoms with E-state index in [4.69, 9.17) is 39.6 Å². The SMILES string of the molecule is Cc1ccc(-n2nnn([C@@H]3C/C(=N\NC(N)=S)[C@H]4OC[C@@H]3O4)c2=S)cc1. The van der Waals surface area contributed by atoms with Crippen molar-refractivity contribution in [1.82, 2.24) is 25.2 Å². The molecule has 2 fully saturated rings. The first kappa shape index (κ1) is 17.2. The van der Waals surface area contributed by atoms with Crippen LogP contribution in [0.2, 0.25) is 0 Å². The number of aryl methyl sites for hydroxylation is 1. The first-order chi connectivity index (χ1) is 12.5. The number of hydrogen-bond donors (Lipinski definition) is 2. The topological polar surface area (TPSA) is 105 Å². The number of aromatic nitrogens is 4. The largest absolute Gasteiger partial charge is 0.375 e. The number of hydrazone groups is 1. The summed E-state index contributed by atoms with van der Waals surface area (Å²) < 4.78 is 15.3. The second-order valence-corrected chi connectivity index (χ2v) is 6.95. The van der Waals surface area contributed by atoms with Crippen LogP contribution in [0.5, 0.6) is 0 Å². The van der Waals surface area contributed by atoms with E-state index in [1.165, 1.54) is 0 Å². The number of ether oxygens (including phenoxy) is 2. The van der Waals surface area contributed by atoms with E-state index < -0.39 is 6.29 Å². The molecule has 2 aliphatic rings. The van der Waals surface area contributed by atoms with Gasteiger partial charge in [-0.25, -0.2) is 4.68 Å². The van der Waals surface area contributed by atoms with E-state index in [0.717, 1.165) is 11.3 Å². The number of hydrogen-bond acceptors (Lipinski definition) is 7. The molecular formula is C15H17N7O2S2. The monoisotopic (exact) mass is 391 g/mol. The molecule has 1 aromatic heterocycles. The first-order valence-corrected chi connectivity index (χ1v) is 8.85. The van der Waals surface area contributed by atoms with E-state index in [-0.39, 0.29) is 17.3 Å². The maximum Gasteiger partial charge on any atom is 0.221 e. The zero-order valence-electron chi connectivity index (χ0n) is 13.9. The van der Waals surface area contributed by atoms with Crippen molar-refractivity contribution in [1.29, 1.82) is 0 Å². The molecule has 11 heteroatoms. The summed E-state index contributed by atoms with van der Waals surface area (Å²) in [4.78, 5) is 0. The Hall–Kier alpha value is -2.21. The maximum absolute atomic E-state index is 5.87. The third-order valence-corrected chi connectivity index (χ3v) is 4.79. The van der Waals surface area contributed by atoms with Crippen molar-refractivity contribution in [2.45, 2.75) is 31.8 Å². The van der Waals surface area contributed by atoms with E-state index in [9.17, 15) is 0 Å². The lowest BCUT2D eigenvalue weighted by Crippen LogP contribution is -2.39. The number of benzene rings is 1. The third-order valence-electron chi connectivity index (χ3n) is 4.34. The van der Waals surface area contributed by atoms with Gasteiger partial charge in [0.15, 0.2) is 11.4 Å². The summed E-state index contributed by atoms with van der Waals surface area (Å²) in [7, 11) is 0. The number of nitrogens with zero attached hydrogens (tertiary/aromatic N) is 5. The van der Waals surface area contributed by atoms with Crippen molar-refractivity contribution < 1.29 is 9.47 Å². The summed E-state index contributed by atoms with van der Waals surface area (Å²) in [6, 6.07) is 7.74. The molecule has 0 unspecified atom stereocenters. The zero-order chi connectivity index (χ0) is 18.3. The number of thiocarbonyl (C=S) groups is 1. The van der Waals surface area contributed by atoms with Gasteiger partial charge in [-0.2, -0.15) is 9.78 Å². The Morgan fingerprint density at radius 3 is 2.85 bits per heavy atom. The van der Waals surface area contributed by atoms with Crippen molar-refractivity contribution in [2.75, 3.05) is 6.61 Å². The predicted molar refractivity (Wildman–Crippen MR) is 101 cm³/mol. The molecular weight excluding hydrogens is 374 g/mol. The van der Waals surface area contributed by atoms with E-state index in [2.05, 4.69) is 21.0 Å². The number of nitrogens with two attached hydrogens (primary N) is 1. The third kappa shape index (κ3) is 3.14. The lowest BCUT2D eigenvalue weighted by atomic mass is 10.0. The molecule has 0 radical (unpaired) electrons. The Morgan fingerprint density at radius 1 is 1.35 bits per heavy atom. The summed E-state index contributed by atoms with van der Waals surface area (Å²) in [5.41, 5.74) is 10.7. The van der Waals surface area contributed by atoms with Crippen molar-refractivity contribution in [3.63, 3.8) is 0 Å². The average molecular weight is 391 g/mol. The zero-order valence-corrected chi connectivity index (χ0v) is 15.5. The fraction of sp³-hybridized carbons (Fsp3) is 0.400. The number of tetrazole rings is 1. The molecule has 1 aromatic carbocycles. The molecule has 3 N–H and O–H groups in total. The molecule has 0 spiro atoms. The fourth-order valence-electron chi connectivity index (χ4n) is 3.02. The Kier molecular flexibility index (Phi) is 4.53. The molecule has 0 aliphatic carbocycles. The summed E-state index contributed by atoms with van der Waals surface area (Å²) >= 11 is 10.4. The highest BCUT2D eigenvalue weighted by molar-refractivity contribution is 7.80. The molecule has 9 nitrogen and oxygen atoms in total. The van der Waals surface area contributed by atoms with E-state index >= 15 is 0 Å². The second kappa shape index (κ2) is 6.83. The Bertz CT molecular complexity index is 921. The van der Waals surface area contributed by atoms with Gasteiger partial charge < -0.3 is 15.2 Å². The van der Waals surface area contributed by atoms with Crippen LogP contribution in [0.1, 0.15) is 18.0 Å². The summed E-state index contributed by atoms with van der Waals surface area (Å²) in [5.74, 6) is 0. The van der Waals surface area contributed by atoms with Gasteiger partial charge in [0.1, 0.15) is 6.10 Å². The van der Waals surface area contributed by atoms with Crippen molar-refractivity contribution in [3.8, 4) is 5.69 Å². The number of rotatable bonds is 3. The highest BCUT2D eigenvalue weighted by atomic mass is 32.1. The second-order valence-electron chi connectivity index (χ2n) is 6.14. The standard InChI is InChI=1S/C15H17N7O2S2/c1-8-2-4-9(5-3-8)21-15(26)22(20-19-21)11-6-10(17-18-14(16)25)13-23-7-12(11)24-13/h2-5,11-13H,6-7H2,1H3,(H3,16,18,25)/b17-10+/t11-,12+,13+/m1/s1. The van der Waals surface area contributed by atoms with Gasteiger partial charge in [0.25, 0.3) is 0 Å². The van der Waals surface area contributed by atoms with Gasteiger partial charge in [-0.15, -0.1) is 0 Å². The van der Waals surface area contributed by atoms with Crippen molar-refractivity contribution >= 4 is 35.3 Å². The van der Waals surface area contributed by atoms with Crippen LogP contribution in [0.25, 0.3) is 5.69 Å². The van der Waals surface area contributed by atoms with Crippen LogP contribution in [0.3, 0.4) is 0 Å². The number of nitrogens with one attached hydrogen (secondary N) is 1. The highest BCUT2D eigenvalue weighted by Gasteiger charge is 2.44. The lowest BCUT2D eigenvalue weighted by Gasteiger charge is -2.27. The van der Waals surface area contributed by atoms with Gasteiger partial charge in [0.05, 0.1) is 24.0 Å². The minimum absolute atomic E-state index is 0.0797. The first-order valence-electron chi connectivity index (χ1n) is 8.03. The minimum Gasteiger partial charge on any atom is -0.375 e. The molecule has 2 aliphatic heterocycles. The highest BCUT2D eigenvalue weighted by Crippen LogP contribution is 2.33. The van der Waals surface area contributed by atoms with Crippen LogP contribution >= 0.6 is 24.4 Å². The minimum atomic E-state index is -0.501. The molecule has 136 valence electrons. The van der Waals surface area contributed by atoms with E-state index in [1.807, 2.05) is 31.2 Å². The van der Waals surface area contributed by atoms with Gasteiger partial charge in [-0.05, 0) is 53.9 Å².